The van der Waals surface area contributed by atoms with E-state index in [1.54, 1.807) is 32.0 Å². The Balaban J connectivity index is 2.66. The number of carbonyl (C=O) groups excluding carboxylic acids is 1. The lowest BCUT2D eigenvalue weighted by atomic mass is 10.2. The van der Waals surface area contributed by atoms with E-state index in [-0.39, 0.29) is 18.6 Å². The third-order valence-electron chi connectivity index (χ3n) is 1.89. The number of benzene rings is 1. The fourth-order valence-corrected chi connectivity index (χ4v) is 1.59. The maximum absolute atomic E-state index is 11.3. The van der Waals surface area contributed by atoms with Crippen molar-refractivity contribution in [3.05, 3.63) is 28.2 Å². The number of ether oxygens (including phenoxy) is 1. The van der Waals surface area contributed by atoms with E-state index in [2.05, 4.69) is 27.3 Å². The molecule has 1 aromatic rings. The average molecular weight is 297 g/mol. The van der Waals surface area contributed by atoms with Crippen LogP contribution in [0.25, 0.3) is 0 Å². The molecule has 0 radical (unpaired) electrons. The molecule has 0 fully saturated rings. The molecule has 1 aromatic carbocycles. The maximum atomic E-state index is 11.3. The second-order valence-electron chi connectivity index (χ2n) is 3.69. The van der Waals surface area contributed by atoms with Gasteiger partial charge in [-0.05, 0) is 32.0 Å². The van der Waals surface area contributed by atoms with Gasteiger partial charge in [-0.25, -0.2) is 0 Å². The number of halogens is 1. The smallest absolute Gasteiger partial charge is 0.325 e. The number of rotatable bonds is 4. The first kappa shape index (κ1) is 13.5. The van der Waals surface area contributed by atoms with Gasteiger partial charge in [0.05, 0.1) is 17.4 Å². The molecule has 90 valence electrons. The van der Waals surface area contributed by atoms with Crippen LogP contribution in [0.15, 0.2) is 22.7 Å². The normalized spacial score (nSPS) is 9.82. The minimum Gasteiger partial charge on any atom is -0.462 e. The van der Waals surface area contributed by atoms with E-state index < -0.39 is 0 Å². The van der Waals surface area contributed by atoms with Gasteiger partial charge in [0.2, 0.25) is 0 Å². The van der Waals surface area contributed by atoms with Gasteiger partial charge in [-0.15, -0.1) is 0 Å². The second kappa shape index (κ2) is 6.26. The first-order valence-electron chi connectivity index (χ1n) is 5.16. The Hall–Kier alpha value is -1.54. The number of hydrogen-bond donors (Lipinski definition) is 1. The monoisotopic (exact) mass is 296 g/mol. The second-order valence-corrected chi connectivity index (χ2v) is 4.61. The van der Waals surface area contributed by atoms with Gasteiger partial charge in [0.15, 0.2) is 0 Å². The van der Waals surface area contributed by atoms with E-state index in [1.807, 2.05) is 0 Å². The molecule has 0 saturated carbocycles. The van der Waals surface area contributed by atoms with Crippen molar-refractivity contribution >= 4 is 27.6 Å². The van der Waals surface area contributed by atoms with Crippen LogP contribution in [0.1, 0.15) is 19.4 Å². The van der Waals surface area contributed by atoms with Gasteiger partial charge < -0.3 is 10.1 Å². The number of hydrogen-bond acceptors (Lipinski definition) is 4. The highest BCUT2D eigenvalue weighted by Gasteiger charge is 2.07. The fourth-order valence-electron chi connectivity index (χ4n) is 1.23. The van der Waals surface area contributed by atoms with Gasteiger partial charge >= 0.3 is 5.97 Å². The average Bonchev–Trinajstić information content (AvgIpc) is 2.25. The van der Waals surface area contributed by atoms with Crippen molar-refractivity contribution in [2.24, 2.45) is 0 Å². The molecule has 17 heavy (non-hydrogen) atoms. The van der Waals surface area contributed by atoms with Crippen molar-refractivity contribution in [2.45, 2.75) is 20.0 Å². The Bertz CT molecular complexity index is 452. The highest BCUT2D eigenvalue weighted by atomic mass is 79.9. The van der Waals surface area contributed by atoms with Crippen LogP contribution in [-0.2, 0) is 9.53 Å². The lowest BCUT2D eigenvalue weighted by molar-refractivity contribution is -0.145. The molecular formula is C12H13BrN2O2. The van der Waals surface area contributed by atoms with E-state index in [0.717, 1.165) is 4.47 Å². The van der Waals surface area contributed by atoms with Crippen molar-refractivity contribution < 1.29 is 9.53 Å². The van der Waals surface area contributed by atoms with Gasteiger partial charge in [-0.1, -0.05) is 15.9 Å². The Morgan fingerprint density at radius 1 is 1.59 bits per heavy atom. The first-order chi connectivity index (χ1) is 8.02. The third kappa shape index (κ3) is 4.45. The molecule has 1 N–H and O–H groups in total. The van der Waals surface area contributed by atoms with Crippen LogP contribution in [0.2, 0.25) is 0 Å². The summed E-state index contributed by atoms with van der Waals surface area (Å²) < 4.78 is 5.82. The van der Waals surface area contributed by atoms with Crippen molar-refractivity contribution in [3.63, 3.8) is 0 Å². The topological polar surface area (TPSA) is 62.1 Å². The van der Waals surface area contributed by atoms with Gasteiger partial charge in [0.1, 0.15) is 12.6 Å². The zero-order valence-corrected chi connectivity index (χ0v) is 11.2. The summed E-state index contributed by atoms with van der Waals surface area (Å²) in [6.45, 7) is 3.62. The molecule has 0 spiro atoms. The molecule has 0 amide bonds. The van der Waals surface area contributed by atoms with E-state index >= 15 is 0 Å². The summed E-state index contributed by atoms with van der Waals surface area (Å²) in [6, 6.07) is 7.26. The Labute approximate surface area is 109 Å². The molecule has 0 saturated heterocycles. The summed E-state index contributed by atoms with van der Waals surface area (Å²) in [7, 11) is 0. The van der Waals surface area contributed by atoms with E-state index in [4.69, 9.17) is 10.00 Å². The summed E-state index contributed by atoms with van der Waals surface area (Å²) in [5.41, 5.74) is 1.10. The van der Waals surface area contributed by atoms with Crippen LogP contribution >= 0.6 is 15.9 Å². The predicted octanol–water partition coefficient (Wildman–Crippen LogP) is 2.68. The van der Waals surface area contributed by atoms with Crippen LogP contribution in [0.5, 0.6) is 0 Å². The highest BCUT2D eigenvalue weighted by Crippen LogP contribution is 2.20. The van der Waals surface area contributed by atoms with Crippen molar-refractivity contribution in [1.82, 2.24) is 0 Å². The number of nitriles is 1. The molecule has 4 nitrogen and oxygen atoms in total. The number of esters is 1. The molecule has 5 heteroatoms. The molecule has 0 atom stereocenters. The molecule has 0 unspecified atom stereocenters. The summed E-state index contributed by atoms with van der Waals surface area (Å²) in [5.74, 6) is -0.344. The van der Waals surface area contributed by atoms with Gasteiger partial charge in [0, 0.05) is 4.47 Å². The van der Waals surface area contributed by atoms with Crippen molar-refractivity contribution in [2.75, 3.05) is 11.9 Å². The molecule has 0 aliphatic rings. The molecule has 0 aromatic heterocycles. The minimum absolute atomic E-state index is 0.0450. The molecule has 0 bridgehead atoms. The SMILES string of the molecule is CC(C)OC(=O)CNc1cc(Br)ccc1C#N. The van der Waals surface area contributed by atoms with Crippen LogP contribution < -0.4 is 5.32 Å². The largest absolute Gasteiger partial charge is 0.462 e. The third-order valence-corrected chi connectivity index (χ3v) is 2.39. The minimum atomic E-state index is -0.344. The van der Waals surface area contributed by atoms with Gasteiger partial charge in [0.25, 0.3) is 0 Å². The molecule has 0 heterocycles. The molecule has 0 aliphatic heterocycles. The number of nitrogens with zero attached hydrogens (tertiary/aromatic N) is 1. The standard InChI is InChI=1S/C12H13BrN2O2/c1-8(2)17-12(16)7-15-11-5-10(13)4-3-9(11)6-14/h3-5,8,15H,7H2,1-2H3. The zero-order chi connectivity index (χ0) is 12.8. The quantitative estimate of drug-likeness (QED) is 0.868. The molecule has 1 rings (SSSR count). The van der Waals surface area contributed by atoms with E-state index in [1.165, 1.54) is 0 Å². The number of anilines is 1. The summed E-state index contributed by atoms with van der Waals surface area (Å²) >= 11 is 3.31. The van der Waals surface area contributed by atoms with Crippen LogP contribution in [-0.4, -0.2) is 18.6 Å². The van der Waals surface area contributed by atoms with Gasteiger partial charge in [-0.3, -0.25) is 4.79 Å². The van der Waals surface area contributed by atoms with Crippen molar-refractivity contribution in [3.8, 4) is 6.07 Å². The highest BCUT2D eigenvalue weighted by molar-refractivity contribution is 9.10. The van der Waals surface area contributed by atoms with E-state index in [0.29, 0.717) is 11.3 Å². The first-order valence-corrected chi connectivity index (χ1v) is 5.95. The van der Waals surface area contributed by atoms with Crippen LogP contribution in [0, 0.1) is 11.3 Å². The summed E-state index contributed by atoms with van der Waals surface area (Å²) in [6.07, 6.45) is -0.137. The Morgan fingerprint density at radius 3 is 2.88 bits per heavy atom. The fraction of sp³-hybridized carbons (Fsp3) is 0.333. The number of nitrogens with one attached hydrogen (secondary N) is 1. The summed E-state index contributed by atoms with van der Waals surface area (Å²) in [5, 5.41) is 11.8. The predicted molar refractivity (Wildman–Crippen MR) is 68.6 cm³/mol. The van der Waals surface area contributed by atoms with Crippen molar-refractivity contribution in [1.29, 1.82) is 5.26 Å². The maximum Gasteiger partial charge on any atom is 0.325 e. The number of carbonyl (C=O) groups is 1. The van der Waals surface area contributed by atoms with Crippen LogP contribution in [0.4, 0.5) is 5.69 Å². The Morgan fingerprint density at radius 2 is 2.29 bits per heavy atom. The Kier molecular flexibility index (Phi) is 4.98. The zero-order valence-electron chi connectivity index (χ0n) is 9.66. The van der Waals surface area contributed by atoms with Crippen LogP contribution in [0.3, 0.4) is 0 Å². The lowest BCUT2D eigenvalue weighted by Crippen LogP contribution is -2.20. The van der Waals surface area contributed by atoms with Gasteiger partial charge in [-0.2, -0.15) is 5.26 Å². The molecule has 0 aliphatic carbocycles. The molecular weight excluding hydrogens is 284 g/mol. The van der Waals surface area contributed by atoms with E-state index in [9.17, 15) is 4.79 Å². The summed E-state index contributed by atoms with van der Waals surface area (Å²) in [4.78, 5) is 11.3. The lowest BCUT2D eigenvalue weighted by Gasteiger charge is -2.10.